The fourth-order valence-corrected chi connectivity index (χ4v) is 5.85. The second-order valence-corrected chi connectivity index (χ2v) is 9.96. The predicted molar refractivity (Wildman–Crippen MR) is 112 cm³/mol. The summed E-state index contributed by atoms with van der Waals surface area (Å²) in [7, 11) is -3.57. The molecule has 1 aliphatic rings. The van der Waals surface area contributed by atoms with Crippen LogP contribution in [0.4, 0.5) is 0 Å². The van der Waals surface area contributed by atoms with Crippen molar-refractivity contribution in [3.05, 3.63) is 52.1 Å². The first-order chi connectivity index (χ1) is 13.5. The van der Waals surface area contributed by atoms with E-state index >= 15 is 0 Å². The molecule has 0 saturated carbocycles. The second kappa shape index (κ2) is 7.87. The Morgan fingerprint density at radius 2 is 1.96 bits per heavy atom. The summed E-state index contributed by atoms with van der Waals surface area (Å²) in [6.45, 7) is 7.21. The number of para-hydroxylation sites is 1. The van der Waals surface area contributed by atoms with Gasteiger partial charge in [0.25, 0.3) is 0 Å². The molecule has 0 N–H and O–H groups in total. The summed E-state index contributed by atoms with van der Waals surface area (Å²) in [5.41, 5.74) is 2.64. The van der Waals surface area contributed by atoms with E-state index in [0.717, 1.165) is 34.6 Å². The number of rotatable bonds is 5. The number of benzene rings is 1. The Bertz CT molecular complexity index is 1090. The van der Waals surface area contributed by atoms with Crippen molar-refractivity contribution in [2.75, 3.05) is 26.2 Å². The fourth-order valence-electron chi connectivity index (χ4n) is 3.53. The zero-order valence-electron chi connectivity index (χ0n) is 16.1. The van der Waals surface area contributed by atoms with Crippen LogP contribution in [0.25, 0.3) is 10.9 Å². The second-order valence-electron chi connectivity index (χ2n) is 7.11. The molecule has 8 heteroatoms. The van der Waals surface area contributed by atoms with E-state index in [2.05, 4.69) is 27.2 Å². The van der Waals surface area contributed by atoms with Gasteiger partial charge < -0.3 is 0 Å². The number of hydrogen-bond acceptors (Lipinski definition) is 6. The third kappa shape index (κ3) is 3.82. The minimum atomic E-state index is -3.57. The largest absolute Gasteiger partial charge is 0.295 e. The van der Waals surface area contributed by atoms with Gasteiger partial charge in [-0.05, 0) is 31.0 Å². The summed E-state index contributed by atoms with van der Waals surface area (Å²) in [5, 5.41) is 4.11. The monoisotopic (exact) mass is 416 g/mol. The highest BCUT2D eigenvalue weighted by Crippen LogP contribution is 2.26. The summed E-state index contributed by atoms with van der Waals surface area (Å²) in [5.74, 6) is 0. The molecule has 0 unspecified atom stereocenters. The zero-order valence-corrected chi connectivity index (χ0v) is 17.8. The number of fused-ring (bicyclic) bond motifs is 1. The van der Waals surface area contributed by atoms with Crippen LogP contribution in [-0.4, -0.2) is 53.8 Å². The predicted octanol–water partition coefficient (Wildman–Crippen LogP) is 3.07. The smallest absolute Gasteiger partial charge is 0.245 e. The Morgan fingerprint density at radius 3 is 2.68 bits per heavy atom. The Labute approximate surface area is 169 Å². The molecule has 3 aromatic rings. The van der Waals surface area contributed by atoms with Gasteiger partial charge in [0.05, 0.1) is 16.2 Å². The van der Waals surface area contributed by atoms with Crippen molar-refractivity contribution in [1.29, 1.82) is 0 Å². The molecule has 0 amide bonds. The molecule has 0 aliphatic carbocycles. The summed E-state index contributed by atoms with van der Waals surface area (Å²) < 4.78 is 28.1. The van der Waals surface area contributed by atoms with E-state index < -0.39 is 10.0 Å². The third-order valence-corrected chi connectivity index (χ3v) is 8.02. The van der Waals surface area contributed by atoms with Gasteiger partial charge in [-0.2, -0.15) is 4.31 Å². The molecular weight excluding hydrogens is 392 g/mol. The van der Waals surface area contributed by atoms with Crippen LogP contribution in [0.15, 0.2) is 40.7 Å². The van der Waals surface area contributed by atoms with Crippen LogP contribution in [0.3, 0.4) is 0 Å². The molecule has 2 aromatic heterocycles. The highest BCUT2D eigenvalue weighted by atomic mass is 32.2. The van der Waals surface area contributed by atoms with Crippen molar-refractivity contribution in [2.24, 2.45) is 0 Å². The van der Waals surface area contributed by atoms with Gasteiger partial charge in [-0.1, -0.05) is 19.1 Å². The molecule has 1 aliphatic heterocycles. The lowest BCUT2D eigenvalue weighted by Crippen LogP contribution is -2.48. The molecule has 3 heterocycles. The summed E-state index contributed by atoms with van der Waals surface area (Å²) in [6, 6.07) is 7.33. The molecular formula is C20H24N4O2S2. The highest BCUT2D eigenvalue weighted by molar-refractivity contribution is 7.89. The maximum atomic E-state index is 13.3. The number of aryl methyl sites for hydroxylation is 2. The van der Waals surface area contributed by atoms with E-state index in [9.17, 15) is 8.42 Å². The number of nitrogens with zero attached hydrogens (tertiary/aromatic N) is 4. The van der Waals surface area contributed by atoms with Crippen molar-refractivity contribution < 1.29 is 8.42 Å². The summed E-state index contributed by atoms with van der Waals surface area (Å²) >= 11 is 1.69. The fraction of sp³-hybridized carbons (Fsp3) is 0.400. The van der Waals surface area contributed by atoms with Gasteiger partial charge >= 0.3 is 0 Å². The molecule has 148 valence electrons. The van der Waals surface area contributed by atoms with Crippen LogP contribution < -0.4 is 0 Å². The van der Waals surface area contributed by atoms with Crippen molar-refractivity contribution in [3.8, 4) is 0 Å². The van der Waals surface area contributed by atoms with Crippen LogP contribution in [-0.2, 0) is 23.0 Å². The molecule has 6 nitrogen and oxygen atoms in total. The van der Waals surface area contributed by atoms with Gasteiger partial charge in [0.1, 0.15) is 4.90 Å². The molecule has 1 saturated heterocycles. The van der Waals surface area contributed by atoms with E-state index in [-0.39, 0.29) is 0 Å². The molecule has 0 spiro atoms. The average molecular weight is 417 g/mol. The van der Waals surface area contributed by atoms with Gasteiger partial charge in [0.15, 0.2) is 0 Å². The van der Waals surface area contributed by atoms with Crippen molar-refractivity contribution in [3.63, 3.8) is 0 Å². The van der Waals surface area contributed by atoms with Gasteiger partial charge in [0, 0.05) is 49.7 Å². The van der Waals surface area contributed by atoms with Crippen LogP contribution >= 0.6 is 11.3 Å². The molecule has 1 aromatic carbocycles. The van der Waals surface area contributed by atoms with E-state index in [4.69, 9.17) is 0 Å². The van der Waals surface area contributed by atoms with Gasteiger partial charge in [-0.3, -0.25) is 9.88 Å². The van der Waals surface area contributed by atoms with E-state index in [0.29, 0.717) is 36.6 Å². The summed E-state index contributed by atoms with van der Waals surface area (Å²) in [4.78, 5) is 11.6. The van der Waals surface area contributed by atoms with Crippen molar-refractivity contribution in [2.45, 2.75) is 31.7 Å². The average Bonchev–Trinajstić information content (AvgIpc) is 3.15. The van der Waals surface area contributed by atoms with Gasteiger partial charge in [-0.15, -0.1) is 11.3 Å². The highest BCUT2D eigenvalue weighted by Gasteiger charge is 2.30. The first-order valence-electron chi connectivity index (χ1n) is 9.48. The first kappa shape index (κ1) is 19.4. The maximum absolute atomic E-state index is 13.3. The number of sulfonamides is 1. The van der Waals surface area contributed by atoms with E-state index in [1.165, 1.54) is 0 Å². The van der Waals surface area contributed by atoms with E-state index in [1.54, 1.807) is 34.0 Å². The molecule has 1 fully saturated rings. The molecule has 0 radical (unpaired) electrons. The first-order valence-corrected chi connectivity index (χ1v) is 11.8. The Morgan fingerprint density at radius 1 is 1.18 bits per heavy atom. The number of piperazine rings is 1. The van der Waals surface area contributed by atoms with Crippen LogP contribution in [0.1, 0.15) is 23.2 Å². The quantitative estimate of drug-likeness (QED) is 0.639. The SMILES string of the molecule is CCc1nc(CN2CCN(S(=O)(=O)c3cccc4cc(C)cnc34)CC2)cs1. The van der Waals surface area contributed by atoms with E-state index in [1.807, 2.05) is 19.1 Å². The molecule has 28 heavy (non-hydrogen) atoms. The van der Waals surface area contributed by atoms with Crippen LogP contribution in [0.5, 0.6) is 0 Å². The van der Waals surface area contributed by atoms with Crippen LogP contribution in [0, 0.1) is 6.92 Å². The lowest BCUT2D eigenvalue weighted by atomic mass is 10.2. The standard InChI is InChI=1S/C20H24N4O2S2/c1-3-19-22-17(14-27-19)13-23-7-9-24(10-8-23)28(25,26)18-6-4-5-16-11-15(2)12-21-20(16)18/h4-6,11-12,14H,3,7-10,13H2,1-2H3. The number of aromatic nitrogens is 2. The van der Waals surface area contributed by atoms with Gasteiger partial charge in [0.2, 0.25) is 10.0 Å². The lowest BCUT2D eigenvalue weighted by Gasteiger charge is -2.33. The minimum Gasteiger partial charge on any atom is -0.295 e. The Balaban J connectivity index is 1.49. The van der Waals surface area contributed by atoms with Crippen molar-refractivity contribution in [1.82, 2.24) is 19.2 Å². The Kier molecular flexibility index (Phi) is 5.46. The lowest BCUT2D eigenvalue weighted by molar-refractivity contribution is 0.180. The molecule has 0 atom stereocenters. The van der Waals surface area contributed by atoms with Gasteiger partial charge in [-0.25, -0.2) is 13.4 Å². The number of pyridine rings is 1. The Hall–Kier alpha value is -1.87. The molecule has 4 rings (SSSR count). The summed E-state index contributed by atoms with van der Waals surface area (Å²) in [6.07, 6.45) is 2.67. The normalized spacial score (nSPS) is 16.6. The minimum absolute atomic E-state index is 0.297. The molecule has 0 bridgehead atoms. The number of thiazole rings is 1. The van der Waals surface area contributed by atoms with Crippen molar-refractivity contribution >= 4 is 32.3 Å². The topological polar surface area (TPSA) is 66.4 Å². The van der Waals surface area contributed by atoms with Crippen LogP contribution in [0.2, 0.25) is 0 Å². The zero-order chi connectivity index (χ0) is 19.7. The maximum Gasteiger partial charge on any atom is 0.245 e. The number of hydrogen-bond donors (Lipinski definition) is 0. The third-order valence-electron chi connectivity index (χ3n) is 5.05.